The lowest BCUT2D eigenvalue weighted by molar-refractivity contribution is 0.102. The number of thioether (sulfide) groups is 1. The van der Waals surface area contributed by atoms with Crippen molar-refractivity contribution in [2.24, 2.45) is 7.05 Å². The van der Waals surface area contributed by atoms with Crippen LogP contribution in [-0.4, -0.2) is 30.7 Å². The molecule has 0 aliphatic carbocycles. The van der Waals surface area contributed by atoms with E-state index in [1.165, 1.54) is 21.9 Å². The van der Waals surface area contributed by atoms with E-state index in [9.17, 15) is 9.59 Å². The van der Waals surface area contributed by atoms with Gasteiger partial charge < -0.3 is 0 Å². The second-order valence-corrected chi connectivity index (χ2v) is 9.31. The number of nitrogens with zero attached hydrogens (tertiary/aromatic N) is 4. The van der Waals surface area contributed by atoms with Crippen molar-refractivity contribution >= 4 is 34.2 Å². The Labute approximate surface area is 185 Å². The van der Waals surface area contributed by atoms with Gasteiger partial charge in [-0.2, -0.15) is 0 Å². The molecule has 0 atom stereocenters. The molecule has 0 bridgehead atoms. The number of rotatable bonds is 6. The van der Waals surface area contributed by atoms with Crippen LogP contribution in [-0.2, 0) is 7.05 Å². The van der Waals surface area contributed by atoms with Gasteiger partial charge in [0.05, 0.1) is 16.7 Å². The van der Waals surface area contributed by atoms with Crippen LogP contribution in [0.2, 0.25) is 0 Å². The number of para-hydroxylation sites is 1. The zero-order chi connectivity index (χ0) is 22.3. The number of hydrogen-bond donors (Lipinski definition) is 0. The molecule has 0 saturated carbocycles. The third-order valence-corrected chi connectivity index (χ3v) is 6.52. The van der Waals surface area contributed by atoms with Crippen LogP contribution >= 0.6 is 11.8 Å². The van der Waals surface area contributed by atoms with Crippen LogP contribution in [0.3, 0.4) is 0 Å². The summed E-state index contributed by atoms with van der Waals surface area (Å²) in [4.78, 5) is 25.7. The Morgan fingerprint density at radius 3 is 2.48 bits per heavy atom. The lowest BCUT2D eigenvalue weighted by atomic mass is 9.90. The highest BCUT2D eigenvalue weighted by molar-refractivity contribution is 7.99. The molecule has 2 heterocycles. The SMILES string of the molecule is CC(C)c1ccc(C(=O)CSc2nnc3n(C)c(=O)c4ccccc4n23)c(C(C)C)c1. The first-order valence-corrected chi connectivity index (χ1v) is 11.4. The van der Waals surface area contributed by atoms with E-state index in [0.29, 0.717) is 22.2 Å². The Hall–Kier alpha value is -2.93. The summed E-state index contributed by atoms with van der Waals surface area (Å²) in [5.41, 5.74) is 3.71. The summed E-state index contributed by atoms with van der Waals surface area (Å²) in [7, 11) is 1.68. The first kappa shape index (κ1) is 21.3. The van der Waals surface area contributed by atoms with Crippen molar-refractivity contribution in [2.75, 3.05) is 5.75 Å². The summed E-state index contributed by atoms with van der Waals surface area (Å²) >= 11 is 1.34. The number of ketones is 1. The van der Waals surface area contributed by atoms with Gasteiger partial charge in [-0.15, -0.1) is 10.2 Å². The maximum Gasteiger partial charge on any atom is 0.262 e. The van der Waals surface area contributed by atoms with Gasteiger partial charge >= 0.3 is 0 Å². The maximum atomic E-state index is 13.1. The van der Waals surface area contributed by atoms with Crippen molar-refractivity contribution in [3.63, 3.8) is 0 Å². The Kier molecular flexibility index (Phi) is 5.71. The molecule has 4 aromatic rings. The number of benzene rings is 2. The van der Waals surface area contributed by atoms with Gasteiger partial charge in [-0.1, -0.05) is 69.8 Å². The molecule has 2 aromatic heterocycles. The second-order valence-electron chi connectivity index (χ2n) is 8.37. The molecule has 2 aromatic carbocycles. The number of carbonyl (C=O) groups is 1. The third-order valence-electron chi connectivity index (χ3n) is 5.59. The van der Waals surface area contributed by atoms with Crippen molar-refractivity contribution in [3.8, 4) is 0 Å². The van der Waals surface area contributed by atoms with E-state index in [1.807, 2.05) is 34.7 Å². The zero-order valence-electron chi connectivity index (χ0n) is 18.4. The summed E-state index contributed by atoms with van der Waals surface area (Å²) < 4.78 is 3.34. The van der Waals surface area contributed by atoms with E-state index >= 15 is 0 Å². The van der Waals surface area contributed by atoms with Gasteiger partial charge in [-0.05, 0) is 35.1 Å². The van der Waals surface area contributed by atoms with E-state index in [4.69, 9.17) is 0 Å². The van der Waals surface area contributed by atoms with Crippen LogP contribution in [0.5, 0.6) is 0 Å². The smallest absolute Gasteiger partial charge is 0.262 e. The van der Waals surface area contributed by atoms with Crippen LogP contribution in [0, 0.1) is 0 Å². The quantitative estimate of drug-likeness (QED) is 0.322. The second kappa shape index (κ2) is 8.30. The topological polar surface area (TPSA) is 69.3 Å². The summed E-state index contributed by atoms with van der Waals surface area (Å²) in [6.45, 7) is 8.54. The Bertz CT molecular complexity index is 1350. The minimum Gasteiger partial charge on any atom is -0.293 e. The Balaban J connectivity index is 1.69. The summed E-state index contributed by atoms with van der Waals surface area (Å²) in [5, 5.41) is 9.66. The summed E-state index contributed by atoms with van der Waals surface area (Å²) in [5.74, 6) is 1.45. The number of hydrogen-bond acceptors (Lipinski definition) is 5. The molecular formula is C24H26N4O2S. The van der Waals surface area contributed by atoms with Crippen LogP contribution < -0.4 is 5.56 Å². The van der Waals surface area contributed by atoms with E-state index in [2.05, 4.69) is 44.0 Å². The molecule has 0 fully saturated rings. The molecule has 0 N–H and O–H groups in total. The third kappa shape index (κ3) is 3.78. The van der Waals surface area contributed by atoms with Gasteiger partial charge in [0.2, 0.25) is 5.78 Å². The van der Waals surface area contributed by atoms with E-state index in [1.54, 1.807) is 13.1 Å². The van der Waals surface area contributed by atoms with Gasteiger partial charge in [0, 0.05) is 12.6 Å². The minimum absolute atomic E-state index is 0.0647. The lowest BCUT2D eigenvalue weighted by Gasteiger charge is -2.15. The molecule has 0 unspecified atom stereocenters. The monoisotopic (exact) mass is 434 g/mol. The largest absolute Gasteiger partial charge is 0.293 e. The zero-order valence-corrected chi connectivity index (χ0v) is 19.2. The van der Waals surface area contributed by atoms with Crippen molar-refractivity contribution in [1.82, 2.24) is 19.2 Å². The molecular weight excluding hydrogens is 408 g/mol. The van der Waals surface area contributed by atoms with Gasteiger partial charge in [-0.25, -0.2) is 0 Å². The molecule has 0 spiro atoms. The van der Waals surface area contributed by atoms with Gasteiger partial charge in [0.15, 0.2) is 10.9 Å². The molecule has 6 nitrogen and oxygen atoms in total. The average Bonchev–Trinajstić information content (AvgIpc) is 3.19. The number of aromatic nitrogens is 4. The van der Waals surface area contributed by atoms with Gasteiger partial charge in [-0.3, -0.25) is 18.6 Å². The fourth-order valence-corrected chi connectivity index (χ4v) is 4.61. The Morgan fingerprint density at radius 1 is 1.03 bits per heavy atom. The van der Waals surface area contributed by atoms with E-state index in [-0.39, 0.29) is 23.0 Å². The summed E-state index contributed by atoms with van der Waals surface area (Å²) in [6, 6.07) is 13.5. The molecule has 160 valence electrons. The van der Waals surface area contributed by atoms with E-state index < -0.39 is 0 Å². The Morgan fingerprint density at radius 2 is 1.77 bits per heavy atom. The molecule has 31 heavy (non-hydrogen) atoms. The molecule has 0 aliphatic heterocycles. The van der Waals surface area contributed by atoms with Gasteiger partial charge in [0.1, 0.15) is 0 Å². The predicted molar refractivity (Wildman–Crippen MR) is 125 cm³/mol. The van der Waals surface area contributed by atoms with Crippen molar-refractivity contribution in [3.05, 3.63) is 69.5 Å². The molecule has 0 amide bonds. The standard InChI is InChI=1S/C24H26N4O2S/c1-14(2)16-10-11-17(19(12-16)15(3)4)21(29)13-31-24-26-25-23-27(5)22(30)18-8-6-7-9-20(18)28(23)24/h6-12,14-15H,13H2,1-5H3. The fourth-order valence-electron chi connectivity index (χ4n) is 3.78. The lowest BCUT2D eigenvalue weighted by Crippen LogP contribution is -2.20. The predicted octanol–water partition coefficient (Wildman–Crippen LogP) is 4.80. The molecule has 0 radical (unpaired) electrons. The van der Waals surface area contributed by atoms with Crippen molar-refractivity contribution < 1.29 is 4.79 Å². The molecule has 4 rings (SSSR count). The minimum atomic E-state index is -0.116. The molecule has 0 saturated heterocycles. The van der Waals surface area contributed by atoms with E-state index in [0.717, 1.165) is 16.6 Å². The molecule has 0 aliphatic rings. The highest BCUT2D eigenvalue weighted by Crippen LogP contribution is 2.27. The number of aryl methyl sites for hydroxylation is 1. The number of Topliss-reactive ketones (excluding diaryl/α,β-unsaturated/α-hetero) is 1. The number of fused-ring (bicyclic) bond motifs is 3. The molecule has 7 heteroatoms. The highest BCUT2D eigenvalue weighted by atomic mass is 32.2. The fraction of sp³-hybridized carbons (Fsp3) is 0.333. The average molecular weight is 435 g/mol. The maximum absolute atomic E-state index is 13.1. The highest BCUT2D eigenvalue weighted by Gasteiger charge is 2.19. The van der Waals surface area contributed by atoms with Crippen LogP contribution in [0.1, 0.15) is 61.0 Å². The van der Waals surface area contributed by atoms with Crippen LogP contribution in [0.15, 0.2) is 52.4 Å². The number of carbonyl (C=O) groups excluding carboxylic acids is 1. The van der Waals surface area contributed by atoms with Gasteiger partial charge in [0.25, 0.3) is 5.56 Å². The normalized spacial score (nSPS) is 11.8. The van der Waals surface area contributed by atoms with Crippen molar-refractivity contribution in [1.29, 1.82) is 0 Å². The van der Waals surface area contributed by atoms with Crippen LogP contribution in [0.4, 0.5) is 0 Å². The first-order valence-electron chi connectivity index (χ1n) is 10.4. The van der Waals surface area contributed by atoms with Crippen molar-refractivity contribution in [2.45, 2.75) is 44.7 Å². The first-order chi connectivity index (χ1) is 14.8. The van der Waals surface area contributed by atoms with Crippen LogP contribution in [0.25, 0.3) is 16.7 Å². The summed E-state index contributed by atoms with van der Waals surface area (Å²) in [6.07, 6.45) is 0.